The second kappa shape index (κ2) is 7.12. The zero-order chi connectivity index (χ0) is 17.0. The molecule has 0 bridgehead atoms. The number of nitrogens with one attached hydrogen (secondary N) is 2. The summed E-state index contributed by atoms with van der Waals surface area (Å²) >= 11 is 1.59. The largest absolute Gasteiger partial charge is 0.333 e. The van der Waals surface area contributed by atoms with Crippen molar-refractivity contribution in [3.05, 3.63) is 51.7 Å². The monoisotopic (exact) mass is 353 g/mol. The van der Waals surface area contributed by atoms with Gasteiger partial charge in [-0.25, -0.2) is 18.4 Å². The van der Waals surface area contributed by atoms with Crippen molar-refractivity contribution in [2.45, 2.75) is 31.3 Å². The standard InChI is InChI=1S/C15H19N3O3S2/c1-10-6-7-22-14(10)9-17-15(19)18-11(2)12-4-3-5-13(8-12)23(16,20)21/h3-8,11H,9H2,1-2H3,(H2,16,20,21)(H2,17,18,19). The zero-order valence-electron chi connectivity index (χ0n) is 12.9. The minimum Gasteiger partial charge on any atom is -0.333 e. The summed E-state index contributed by atoms with van der Waals surface area (Å²) in [5.74, 6) is 0. The van der Waals surface area contributed by atoms with Gasteiger partial charge in [-0.1, -0.05) is 12.1 Å². The number of carbonyl (C=O) groups excluding carboxylic acids is 1. The highest BCUT2D eigenvalue weighted by Gasteiger charge is 2.13. The maximum absolute atomic E-state index is 12.0. The molecule has 0 saturated carbocycles. The number of carbonyl (C=O) groups is 1. The van der Waals surface area contributed by atoms with Crippen LogP contribution in [0.15, 0.2) is 40.6 Å². The van der Waals surface area contributed by atoms with E-state index < -0.39 is 10.0 Å². The first kappa shape index (κ1) is 17.5. The number of aryl methyl sites for hydroxylation is 1. The van der Waals surface area contributed by atoms with Crippen molar-refractivity contribution in [3.8, 4) is 0 Å². The third-order valence-electron chi connectivity index (χ3n) is 3.41. The molecule has 0 aliphatic rings. The summed E-state index contributed by atoms with van der Waals surface area (Å²) in [6.07, 6.45) is 0. The van der Waals surface area contributed by atoms with Crippen molar-refractivity contribution in [1.82, 2.24) is 10.6 Å². The Morgan fingerprint density at radius 3 is 2.70 bits per heavy atom. The van der Waals surface area contributed by atoms with E-state index in [0.717, 1.165) is 10.4 Å². The molecule has 0 spiro atoms. The molecule has 8 heteroatoms. The van der Waals surface area contributed by atoms with Crippen LogP contribution in [0.1, 0.15) is 29.0 Å². The van der Waals surface area contributed by atoms with Gasteiger partial charge in [0.05, 0.1) is 17.5 Å². The fourth-order valence-corrected chi connectivity index (χ4v) is 3.45. The number of hydrogen-bond donors (Lipinski definition) is 3. The third kappa shape index (κ3) is 4.78. The molecule has 0 aliphatic heterocycles. The molecule has 4 N–H and O–H groups in total. The average molecular weight is 353 g/mol. The fourth-order valence-electron chi connectivity index (χ4n) is 2.04. The molecular weight excluding hydrogens is 334 g/mol. The highest BCUT2D eigenvalue weighted by atomic mass is 32.2. The molecule has 0 aliphatic carbocycles. The molecule has 6 nitrogen and oxygen atoms in total. The first-order valence-corrected chi connectivity index (χ1v) is 9.40. The number of amides is 2. The number of nitrogens with two attached hydrogens (primary N) is 1. The smallest absolute Gasteiger partial charge is 0.315 e. The molecule has 1 unspecified atom stereocenters. The van der Waals surface area contributed by atoms with Crippen molar-refractivity contribution in [1.29, 1.82) is 0 Å². The molecule has 2 aromatic rings. The first-order chi connectivity index (χ1) is 10.8. The highest BCUT2D eigenvalue weighted by molar-refractivity contribution is 7.89. The predicted molar refractivity (Wildman–Crippen MR) is 90.7 cm³/mol. The van der Waals surface area contributed by atoms with E-state index in [4.69, 9.17) is 5.14 Å². The molecule has 2 rings (SSSR count). The zero-order valence-corrected chi connectivity index (χ0v) is 14.5. The van der Waals surface area contributed by atoms with Crippen LogP contribution in [0.4, 0.5) is 4.79 Å². The molecule has 0 radical (unpaired) electrons. The van der Waals surface area contributed by atoms with Crippen LogP contribution in [0.5, 0.6) is 0 Å². The van der Waals surface area contributed by atoms with Gasteiger partial charge in [-0.2, -0.15) is 0 Å². The van der Waals surface area contributed by atoms with E-state index in [1.807, 2.05) is 18.4 Å². The van der Waals surface area contributed by atoms with Crippen LogP contribution in [-0.2, 0) is 16.6 Å². The Bertz CT molecular complexity index is 800. The van der Waals surface area contributed by atoms with Crippen molar-refractivity contribution >= 4 is 27.4 Å². The van der Waals surface area contributed by atoms with Gasteiger partial charge < -0.3 is 10.6 Å². The van der Waals surface area contributed by atoms with Crippen LogP contribution in [0.3, 0.4) is 0 Å². The van der Waals surface area contributed by atoms with Crippen LogP contribution in [0, 0.1) is 6.92 Å². The predicted octanol–water partition coefficient (Wildman–Crippen LogP) is 2.26. The number of urea groups is 1. The van der Waals surface area contributed by atoms with Gasteiger partial charge in [-0.15, -0.1) is 11.3 Å². The Hall–Kier alpha value is -1.90. The second-order valence-electron chi connectivity index (χ2n) is 5.19. The Morgan fingerprint density at radius 1 is 1.35 bits per heavy atom. The Balaban J connectivity index is 1.97. The van der Waals surface area contributed by atoms with Crippen molar-refractivity contribution in [3.63, 3.8) is 0 Å². The van der Waals surface area contributed by atoms with Crippen molar-refractivity contribution in [2.75, 3.05) is 0 Å². The number of benzene rings is 1. The van der Waals surface area contributed by atoms with Crippen LogP contribution in [0.2, 0.25) is 0 Å². The second-order valence-corrected chi connectivity index (χ2v) is 7.76. The summed E-state index contributed by atoms with van der Waals surface area (Å²) in [5.41, 5.74) is 1.81. The van der Waals surface area contributed by atoms with E-state index in [0.29, 0.717) is 12.1 Å². The van der Waals surface area contributed by atoms with Crippen LogP contribution < -0.4 is 15.8 Å². The molecule has 0 saturated heterocycles. The fraction of sp³-hybridized carbons (Fsp3) is 0.267. The van der Waals surface area contributed by atoms with Crippen LogP contribution >= 0.6 is 11.3 Å². The third-order valence-corrected chi connectivity index (χ3v) is 5.35. The van der Waals surface area contributed by atoms with Crippen molar-refractivity contribution < 1.29 is 13.2 Å². The number of thiophene rings is 1. The molecule has 124 valence electrons. The summed E-state index contributed by atoms with van der Waals surface area (Å²) in [6, 6.07) is 7.56. The number of primary sulfonamides is 1. The van der Waals surface area contributed by atoms with Gasteiger partial charge in [0.1, 0.15) is 0 Å². The van der Waals surface area contributed by atoms with Crippen molar-refractivity contribution in [2.24, 2.45) is 5.14 Å². The molecule has 1 heterocycles. The minimum atomic E-state index is -3.76. The lowest BCUT2D eigenvalue weighted by atomic mass is 10.1. The van der Waals surface area contributed by atoms with Gasteiger partial charge in [0, 0.05) is 4.88 Å². The van der Waals surface area contributed by atoms with E-state index in [2.05, 4.69) is 10.6 Å². The highest BCUT2D eigenvalue weighted by Crippen LogP contribution is 2.17. The number of rotatable bonds is 5. The summed E-state index contributed by atoms with van der Waals surface area (Å²) < 4.78 is 22.7. The molecular formula is C15H19N3O3S2. The molecule has 2 amide bonds. The molecule has 0 fully saturated rings. The van der Waals surface area contributed by atoms with E-state index in [-0.39, 0.29) is 17.0 Å². The lowest BCUT2D eigenvalue weighted by Crippen LogP contribution is -2.36. The van der Waals surface area contributed by atoms with Gasteiger partial charge in [-0.3, -0.25) is 0 Å². The molecule has 23 heavy (non-hydrogen) atoms. The Morgan fingerprint density at radius 2 is 2.09 bits per heavy atom. The normalized spacial score (nSPS) is 12.7. The molecule has 1 atom stereocenters. The Kier molecular flexibility index (Phi) is 5.40. The maximum Gasteiger partial charge on any atom is 0.315 e. The van der Waals surface area contributed by atoms with E-state index in [9.17, 15) is 13.2 Å². The van der Waals surface area contributed by atoms with E-state index >= 15 is 0 Å². The van der Waals surface area contributed by atoms with Gasteiger partial charge >= 0.3 is 6.03 Å². The Labute approximate surface area is 139 Å². The maximum atomic E-state index is 12.0. The van der Waals surface area contributed by atoms with Gasteiger partial charge in [0.2, 0.25) is 10.0 Å². The van der Waals surface area contributed by atoms with E-state index in [1.54, 1.807) is 30.4 Å². The van der Waals surface area contributed by atoms with Crippen LogP contribution in [-0.4, -0.2) is 14.4 Å². The topological polar surface area (TPSA) is 101 Å². The minimum absolute atomic E-state index is 0.0262. The number of hydrogen-bond acceptors (Lipinski definition) is 4. The summed E-state index contributed by atoms with van der Waals surface area (Å²) in [7, 11) is -3.76. The summed E-state index contributed by atoms with van der Waals surface area (Å²) in [6.45, 7) is 4.23. The average Bonchev–Trinajstić information content (AvgIpc) is 2.89. The lowest BCUT2D eigenvalue weighted by molar-refractivity contribution is 0.237. The summed E-state index contributed by atoms with van der Waals surface area (Å²) in [5, 5.41) is 12.7. The van der Waals surface area contributed by atoms with Gasteiger partial charge in [0.15, 0.2) is 0 Å². The van der Waals surface area contributed by atoms with Gasteiger partial charge in [-0.05, 0) is 48.6 Å². The quantitative estimate of drug-likeness (QED) is 0.768. The number of sulfonamides is 1. The lowest BCUT2D eigenvalue weighted by Gasteiger charge is -2.15. The van der Waals surface area contributed by atoms with Gasteiger partial charge in [0.25, 0.3) is 0 Å². The summed E-state index contributed by atoms with van der Waals surface area (Å²) in [4.78, 5) is 13.1. The SMILES string of the molecule is Cc1ccsc1CNC(=O)NC(C)c1cccc(S(N)(=O)=O)c1. The first-order valence-electron chi connectivity index (χ1n) is 6.97. The van der Waals surface area contributed by atoms with Crippen LogP contribution in [0.25, 0.3) is 0 Å². The molecule has 1 aromatic carbocycles. The van der Waals surface area contributed by atoms with E-state index in [1.165, 1.54) is 12.1 Å². The molecule has 1 aromatic heterocycles.